The second-order valence-electron chi connectivity index (χ2n) is 14.8. The third-order valence-electron chi connectivity index (χ3n) is 10.6. The number of benzene rings is 3. The van der Waals surface area contributed by atoms with Gasteiger partial charge in [-0.2, -0.15) is 0 Å². The molecule has 0 aliphatic carbocycles. The molecule has 0 saturated carbocycles. The smallest absolute Gasteiger partial charge is 0.251 e. The van der Waals surface area contributed by atoms with E-state index >= 15 is 0 Å². The lowest BCUT2D eigenvalue weighted by Crippen LogP contribution is -2.55. The van der Waals surface area contributed by atoms with Gasteiger partial charge in [-0.15, -0.1) is 0 Å². The number of halogens is 1. The van der Waals surface area contributed by atoms with Gasteiger partial charge in [-0.3, -0.25) is 14.4 Å². The fourth-order valence-corrected chi connectivity index (χ4v) is 7.09. The minimum Gasteiger partial charge on any atom is -0.507 e. The zero-order valence-electron chi connectivity index (χ0n) is 32.9. The number of amides is 3. The molecule has 9 N–H and O–H groups in total. The van der Waals surface area contributed by atoms with Crippen LogP contribution in [0.2, 0.25) is 0 Å². The Bertz CT molecular complexity index is 1750. The molecule has 0 aromatic heterocycles. The minimum absolute atomic E-state index is 0.0128. The van der Waals surface area contributed by atoms with E-state index in [4.69, 9.17) is 9.84 Å². The lowest BCUT2D eigenvalue weighted by Gasteiger charge is -2.48. The van der Waals surface area contributed by atoms with Crippen molar-refractivity contribution in [3.05, 3.63) is 89.2 Å². The summed E-state index contributed by atoms with van der Waals surface area (Å²) in [6.45, 7) is -0.215. The molecule has 14 nitrogen and oxygen atoms in total. The van der Waals surface area contributed by atoms with Crippen LogP contribution in [0.25, 0.3) is 0 Å². The van der Waals surface area contributed by atoms with Crippen molar-refractivity contribution in [2.24, 2.45) is 5.92 Å². The molecule has 4 rings (SSSR count). The number of β-lactam (4-membered cyclic amide) rings is 1. The highest BCUT2D eigenvalue weighted by molar-refractivity contribution is 6.03. The number of nitrogens with one attached hydrogen (secondary N) is 2. The summed E-state index contributed by atoms with van der Waals surface area (Å²) in [5.74, 6) is -1.52. The predicted octanol–water partition coefficient (Wildman–Crippen LogP) is 3.44. The minimum atomic E-state index is -1.93. The Balaban J connectivity index is 1.14. The van der Waals surface area contributed by atoms with Crippen LogP contribution in [-0.4, -0.2) is 98.1 Å². The van der Waals surface area contributed by atoms with E-state index in [-0.39, 0.29) is 30.5 Å². The Morgan fingerprint density at radius 1 is 0.828 bits per heavy atom. The number of phenols is 1. The first-order chi connectivity index (χ1) is 27.9. The molecular formula is C43H58FN3O11. The number of rotatable bonds is 25. The Morgan fingerprint density at radius 3 is 2.09 bits per heavy atom. The maximum absolute atomic E-state index is 13.6. The van der Waals surface area contributed by atoms with Gasteiger partial charge in [0.15, 0.2) is 6.10 Å². The zero-order chi connectivity index (χ0) is 42.2. The van der Waals surface area contributed by atoms with Crippen molar-refractivity contribution < 1.29 is 59.3 Å². The molecule has 7 atom stereocenters. The summed E-state index contributed by atoms with van der Waals surface area (Å²) < 4.78 is 18.6. The van der Waals surface area contributed by atoms with Gasteiger partial charge < -0.3 is 56.0 Å². The van der Waals surface area contributed by atoms with Gasteiger partial charge in [0, 0.05) is 36.8 Å². The van der Waals surface area contributed by atoms with Crippen molar-refractivity contribution >= 4 is 23.4 Å². The molecule has 3 amide bonds. The number of hydrogen-bond donors (Lipinski definition) is 9. The third kappa shape index (κ3) is 12.9. The molecule has 0 radical (unpaired) electrons. The van der Waals surface area contributed by atoms with E-state index in [1.807, 2.05) is 24.3 Å². The normalized spacial score (nSPS) is 17.8. The number of carbonyl (C=O) groups excluding carboxylic acids is 3. The molecule has 7 unspecified atom stereocenters. The summed E-state index contributed by atoms with van der Waals surface area (Å²) in [5.41, 5.74) is 2.60. The lowest BCUT2D eigenvalue weighted by molar-refractivity contribution is -0.148. The first-order valence-corrected chi connectivity index (χ1v) is 20.0. The second-order valence-corrected chi connectivity index (χ2v) is 14.8. The van der Waals surface area contributed by atoms with Crippen LogP contribution in [0.1, 0.15) is 99.5 Å². The highest BCUT2D eigenvalue weighted by Crippen LogP contribution is 2.49. The van der Waals surface area contributed by atoms with E-state index in [0.29, 0.717) is 48.4 Å². The number of methoxy groups -OCH3 is 1. The quantitative estimate of drug-likeness (QED) is 0.0445. The molecule has 1 aliphatic rings. The number of aliphatic hydroxyl groups is 6. The van der Waals surface area contributed by atoms with Gasteiger partial charge in [-0.25, -0.2) is 4.39 Å². The predicted molar refractivity (Wildman–Crippen MR) is 213 cm³/mol. The number of nitrogens with zero attached hydrogens (tertiary/aromatic N) is 1. The molecular weight excluding hydrogens is 753 g/mol. The van der Waals surface area contributed by atoms with Gasteiger partial charge in [-0.1, -0.05) is 62.8 Å². The van der Waals surface area contributed by atoms with Crippen molar-refractivity contribution in [2.45, 2.75) is 114 Å². The summed E-state index contributed by atoms with van der Waals surface area (Å²) in [6, 6.07) is 17.4. The lowest BCUT2D eigenvalue weighted by atomic mass is 9.78. The molecule has 3 aromatic rings. The number of aromatic hydroxyl groups is 1. The van der Waals surface area contributed by atoms with Crippen molar-refractivity contribution in [1.29, 1.82) is 0 Å². The van der Waals surface area contributed by atoms with Gasteiger partial charge >= 0.3 is 0 Å². The maximum Gasteiger partial charge on any atom is 0.251 e. The fraction of sp³-hybridized carbons (Fsp3) is 0.512. The zero-order valence-corrected chi connectivity index (χ0v) is 32.9. The third-order valence-corrected chi connectivity index (χ3v) is 10.6. The molecule has 1 heterocycles. The molecule has 0 bridgehead atoms. The Kier molecular flexibility index (Phi) is 18.3. The van der Waals surface area contributed by atoms with Crippen LogP contribution in [0, 0.1) is 11.7 Å². The monoisotopic (exact) mass is 811 g/mol. The van der Waals surface area contributed by atoms with Crippen LogP contribution >= 0.6 is 0 Å². The Labute approximate surface area is 338 Å². The topological polar surface area (TPSA) is 229 Å². The summed E-state index contributed by atoms with van der Waals surface area (Å²) in [6.07, 6.45) is -0.154. The second kappa shape index (κ2) is 23.1. The van der Waals surface area contributed by atoms with Crippen LogP contribution in [-0.2, 0) is 20.9 Å². The van der Waals surface area contributed by atoms with Crippen molar-refractivity contribution in [3.63, 3.8) is 0 Å². The van der Waals surface area contributed by atoms with Crippen LogP contribution in [0.15, 0.2) is 66.7 Å². The largest absolute Gasteiger partial charge is 0.507 e. The molecule has 1 aliphatic heterocycles. The molecule has 1 fully saturated rings. The van der Waals surface area contributed by atoms with Crippen LogP contribution < -0.4 is 20.3 Å². The van der Waals surface area contributed by atoms with E-state index in [0.717, 1.165) is 50.5 Å². The highest BCUT2D eigenvalue weighted by atomic mass is 19.1. The Morgan fingerprint density at radius 2 is 1.47 bits per heavy atom. The van der Waals surface area contributed by atoms with Gasteiger partial charge in [-0.05, 0) is 73.2 Å². The van der Waals surface area contributed by atoms with Crippen LogP contribution in [0.5, 0.6) is 11.5 Å². The average molecular weight is 812 g/mol. The molecule has 3 aromatic carbocycles. The number of unbranched alkanes of at least 4 members (excludes halogenated alkanes) is 7. The number of carbonyl (C=O) groups is 3. The molecule has 0 spiro atoms. The first-order valence-electron chi connectivity index (χ1n) is 20.0. The average Bonchev–Trinajstić information content (AvgIpc) is 3.23. The summed E-state index contributed by atoms with van der Waals surface area (Å²) in [5, 5.41) is 74.6. The van der Waals surface area contributed by atoms with Gasteiger partial charge in [0.25, 0.3) is 5.91 Å². The van der Waals surface area contributed by atoms with Crippen LogP contribution in [0.3, 0.4) is 0 Å². The van der Waals surface area contributed by atoms with Gasteiger partial charge in [0.05, 0.1) is 31.8 Å². The molecule has 318 valence electrons. The number of anilines is 1. The van der Waals surface area contributed by atoms with Gasteiger partial charge in [0.1, 0.15) is 35.6 Å². The van der Waals surface area contributed by atoms with Crippen molar-refractivity contribution in [3.8, 4) is 11.5 Å². The maximum atomic E-state index is 13.6. The number of aliphatic hydroxyl groups excluding tert-OH is 6. The fourth-order valence-electron chi connectivity index (χ4n) is 7.09. The first kappa shape index (κ1) is 46.1. The highest BCUT2D eigenvalue weighted by Gasteiger charge is 2.49. The number of hydrogen-bond acceptors (Lipinski definition) is 11. The van der Waals surface area contributed by atoms with E-state index < -0.39 is 60.8 Å². The molecule has 15 heteroatoms. The van der Waals surface area contributed by atoms with Crippen LogP contribution in [0.4, 0.5) is 10.1 Å². The van der Waals surface area contributed by atoms with E-state index in [1.165, 1.54) is 37.4 Å². The molecule has 1 saturated heterocycles. The standard InChI is InChI=1S/C43H58FN3O11/c1-58-31-19-20-32(35(50)24-31)38-33(21-22-34(49)28-13-15-29(44)16-14-28)43(57)47(38)30-17-11-27(12-18-30)25-46-37(52)10-8-6-4-2-3-5-7-9-23-45-42(56)41(55)40(54)39(53)36(51)26-48/h11-20,24,33-34,36,38-41,48-51,53-55H,2-10,21-23,25-26H2,1H3,(H,45,56)(H,46,52). The van der Waals surface area contributed by atoms with E-state index in [1.54, 1.807) is 17.0 Å². The molecule has 58 heavy (non-hydrogen) atoms. The number of ether oxygens (including phenoxy) is 1. The SMILES string of the molecule is COc1ccc(C2C(CCC(O)c3ccc(F)cc3)C(=O)N2c2ccc(CNC(=O)CCCCCCCCCCNC(=O)C(O)C(O)C(O)C(O)CO)cc2)c(O)c1. The van der Waals surface area contributed by atoms with Crippen molar-refractivity contribution in [1.82, 2.24) is 10.6 Å². The number of phenolic OH excluding ortho intramolecular Hbond substituents is 1. The van der Waals surface area contributed by atoms with E-state index in [2.05, 4.69) is 10.6 Å². The van der Waals surface area contributed by atoms with Crippen molar-refractivity contribution in [2.75, 3.05) is 25.2 Å². The summed E-state index contributed by atoms with van der Waals surface area (Å²) in [4.78, 5) is 39.7. The summed E-state index contributed by atoms with van der Waals surface area (Å²) in [7, 11) is 1.50. The summed E-state index contributed by atoms with van der Waals surface area (Å²) >= 11 is 0. The van der Waals surface area contributed by atoms with Gasteiger partial charge in [0.2, 0.25) is 11.8 Å². The Hall–Kier alpha value is -4.64. The van der Waals surface area contributed by atoms with E-state index in [9.17, 15) is 49.4 Å².